The van der Waals surface area contributed by atoms with Gasteiger partial charge in [0.15, 0.2) is 0 Å². The van der Waals surface area contributed by atoms with Crippen LogP contribution in [0.4, 0.5) is 22.0 Å². The molecule has 2 heterocycles. The first-order chi connectivity index (χ1) is 22.1. The minimum absolute atomic E-state index is 0.000120. The van der Waals surface area contributed by atoms with Gasteiger partial charge in [-0.2, -0.15) is 13.2 Å². The molecule has 7 heteroatoms. The smallest absolute Gasteiger partial charge is 0.309 e. The quantitative estimate of drug-likeness (QED) is 0.175. The van der Waals surface area contributed by atoms with Gasteiger partial charge in [0, 0.05) is 27.1 Å². The van der Waals surface area contributed by atoms with Crippen LogP contribution in [0.3, 0.4) is 0 Å². The highest BCUT2D eigenvalue weighted by Gasteiger charge is 2.37. The van der Waals surface area contributed by atoms with E-state index in [2.05, 4.69) is 0 Å². The van der Waals surface area contributed by atoms with Gasteiger partial charge in [0.25, 0.3) is 0 Å². The number of fused-ring (bicyclic) bond motifs is 6. The molecule has 6 aromatic carbocycles. The largest absolute Gasteiger partial charge is 0.418 e. The highest BCUT2D eigenvalue weighted by molar-refractivity contribution is 6.11. The average molecular weight is 617 g/mol. The van der Waals surface area contributed by atoms with Crippen molar-refractivity contribution in [1.82, 2.24) is 9.13 Å². The summed E-state index contributed by atoms with van der Waals surface area (Å²) in [5, 5.41) is 3.20. The second-order valence-electron chi connectivity index (χ2n) is 11.7. The molecule has 226 valence electrons. The predicted molar refractivity (Wildman–Crippen MR) is 175 cm³/mol. The van der Waals surface area contributed by atoms with Gasteiger partial charge in [0.05, 0.1) is 44.6 Å². The Labute approximate surface area is 260 Å². The maximum Gasteiger partial charge on any atom is 0.418 e. The first-order valence-corrected chi connectivity index (χ1v) is 14.8. The lowest BCUT2D eigenvalue weighted by atomic mass is 9.97. The van der Waals surface area contributed by atoms with Crippen molar-refractivity contribution < 1.29 is 22.0 Å². The standard InChI is InChI=1S/C39H25F5N2/c1-22-14-16-34-26(18-22)24-8-3-5-12-32(24)45(34)36-21-29(39(42,43)44)37(20-28(36)38-30(40)10-7-11-31(38)41)46-33-13-6-4-9-25(33)27-19-23(2)15-17-35(27)46/h3-21H,1-2H3. The zero-order chi connectivity index (χ0) is 31.9. The molecule has 46 heavy (non-hydrogen) atoms. The number of para-hydroxylation sites is 2. The van der Waals surface area contributed by atoms with Gasteiger partial charge in [-0.15, -0.1) is 0 Å². The van der Waals surface area contributed by atoms with E-state index in [1.54, 1.807) is 33.4 Å². The molecule has 0 bridgehead atoms. The molecule has 0 amide bonds. The van der Waals surface area contributed by atoms with E-state index in [1.807, 2.05) is 74.5 Å². The first-order valence-electron chi connectivity index (χ1n) is 14.8. The third-order valence-electron chi connectivity index (χ3n) is 8.79. The number of aryl methyl sites for hydroxylation is 2. The highest BCUT2D eigenvalue weighted by atomic mass is 19.4. The number of aromatic nitrogens is 2. The second-order valence-corrected chi connectivity index (χ2v) is 11.7. The molecule has 2 aromatic heterocycles. The van der Waals surface area contributed by atoms with Crippen molar-refractivity contribution in [1.29, 1.82) is 0 Å². The normalized spacial score (nSPS) is 12.2. The summed E-state index contributed by atoms with van der Waals surface area (Å²) in [7, 11) is 0. The van der Waals surface area contributed by atoms with Crippen LogP contribution < -0.4 is 0 Å². The van der Waals surface area contributed by atoms with Crippen LogP contribution in [0.5, 0.6) is 0 Å². The Kier molecular flexibility index (Phi) is 6.13. The molecule has 0 saturated carbocycles. The van der Waals surface area contributed by atoms with Gasteiger partial charge < -0.3 is 9.13 Å². The monoisotopic (exact) mass is 616 g/mol. The van der Waals surface area contributed by atoms with Gasteiger partial charge in [-0.25, -0.2) is 8.78 Å². The van der Waals surface area contributed by atoms with Crippen molar-refractivity contribution in [2.24, 2.45) is 0 Å². The van der Waals surface area contributed by atoms with Gasteiger partial charge in [-0.1, -0.05) is 65.7 Å². The van der Waals surface area contributed by atoms with E-state index in [1.165, 1.54) is 12.1 Å². The Balaban J connectivity index is 1.59. The lowest BCUT2D eigenvalue weighted by molar-refractivity contribution is -0.137. The molecular formula is C39H25F5N2. The summed E-state index contributed by atoms with van der Waals surface area (Å²) in [5.41, 5.74) is 2.75. The van der Waals surface area contributed by atoms with Crippen molar-refractivity contribution in [2.75, 3.05) is 0 Å². The number of benzene rings is 6. The lowest BCUT2D eigenvalue weighted by Crippen LogP contribution is -2.13. The Bertz CT molecular complexity index is 2500. The fourth-order valence-corrected chi connectivity index (χ4v) is 6.82. The molecule has 0 N–H and O–H groups in total. The van der Waals surface area contributed by atoms with Crippen LogP contribution in [0, 0.1) is 25.5 Å². The summed E-state index contributed by atoms with van der Waals surface area (Å²) in [4.78, 5) is 0. The number of alkyl halides is 3. The molecule has 0 aliphatic heterocycles. The predicted octanol–water partition coefficient (Wildman–Crippen LogP) is 11.5. The SMILES string of the molecule is Cc1ccc2c(c1)c1ccccc1n2-c1cc(C(F)(F)F)c(-n2c3ccccc3c3cc(C)ccc32)cc1-c1c(F)cccc1F. The fourth-order valence-electron chi connectivity index (χ4n) is 6.82. The van der Waals surface area contributed by atoms with E-state index in [0.29, 0.717) is 22.1 Å². The Morgan fingerprint density at radius 3 is 1.48 bits per heavy atom. The minimum Gasteiger partial charge on any atom is -0.309 e. The van der Waals surface area contributed by atoms with Crippen molar-refractivity contribution in [3.8, 4) is 22.5 Å². The van der Waals surface area contributed by atoms with Gasteiger partial charge in [0.1, 0.15) is 11.6 Å². The van der Waals surface area contributed by atoms with Crippen LogP contribution in [0.1, 0.15) is 16.7 Å². The summed E-state index contributed by atoms with van der Waals surface area (Å²) in [6, 6.07) is 31.7. The van der Waals surface area contributed by atoms with Crippen molar-refractivity contribution in [3.05, 3.63) is 144 Å². The zero-order valence-electron chi connectivity index (χ0n) is 24.8. The molecule has 0 atom stereocenters. The number of hydrogen-bond acceptors (Lipinski definition) is 0. The van der Waals surface area contributed by atoms with E-state index < -0.39 is 28.9 Å². The summed E-state index contributed by atoms with van der Waals surface area (Å²) >= 11 is 0. The maximum atomic E-state index is 15.7. The topological polar surface area (TPSA) is 9.86 Å². The van der Waals surface area contributed by atoms with Crippen LogP contribution in [0.25, 0.3) is 66.1 Å². The van der Waals surface area contributed by atoms with Crippen LogP contribution in [0.15, 0.2) is 115 Å². The third kappa shape index (κ3) is 4.15. The number of nitrogens with zero attached hydrogens (tertiary/aromatic N) is 2. The minimum atomic E-state index is -4.81. The summed E-state index contributed by atoms with van der Waals surface area (Å²) in [5.74, 6) is -1.75. The summed E-state index contributed by atoms with van der Waals surface area (Å²) in [6.07, 6.45) is -4.81. The molecular weight excluding hydrogens is 591 g/mol. The Morgan fingerprint density at radius 1 is 0.478 bits per heavy atom. The fraction of sp³-hybridized carbons (Fsp3) is 0.0769. The average Bonchev–Trinajstić information content (AvgIpc) is 3.52. The first kappa shape index (κ1) is 28.1. The van der Waals surface area contributed by atoms with E-state index in [9.17, 15) is 0 Å². The lowest BCUT2D eigenvalue weighted by Gasteiger charge is -2.22. The second kappa shape index (κ2) is 10.0. The number of rotatable bonds is 3. The highest BCUT2D eigenvalue weighted by Crippen LogP contribution is 2.45. The van der Waals surface area contributed by atoms with Crippen molar-refractivity contribution in [3.63, 3.8) is 0 Å². The number of halogens is 5. The van der Waals surface area contributed by atoms with Crippen LogP contribution in [-0.2, 0) is 6.18 Å². The van der Waals surface area contributed by atoms with Crippen LogP contribution >= 0.6 is 0 Å². The van der Waals surface area contributed by atoms with E-state index >= 15 is 22.0 Å². The van der Waals surface area contributed by atoms with Crippen molar-refractivity contribution >= 4 is 43.6 Å². The van der Waals surface area contributed by atoms with Gasteiger partial charge in [-0.05, 0) is 74.5 Å². The molecule has 0 unspecified atom stereocenters. The zero-order valence-corrected chi connectivity index (χ0v) is 24.8. The van der Waals surface area contributed by atoms with E-state index in [4.69, 9.17) is 0 Å². The molecule has 2 nitrogen and oxygen atoms in total. The van der Waals surface area contributed by atoms with Gasteiger partial charge in [-0.3, -0.25) is 0 Å². The van der Waals surface area contributed by atoms with Crippen LogP contribution in [0.2, 0.25) is 0 Å². The molecule has 8 aromatic rings. The van der Waals surface area contributed by atoms with Gasteiger partial charge in [0.2, 0.25) is 0 Å². The molecule has 8 rings (SSSR count). The molecule has 0 saturated heterocycles. The van der Waals surface area contributed by atoms with E-state index in [-0.39, 0.29) is 16.9 Å². The molecule has 0 spiro atoms. The summed E-state index contributed by atoms with van der Waals surface area (Å²) < 4.78 is 80.7. The Hall–Kier alpha value is -5.43. The number of hydrogen-bond donors (Lipinski definition) is 0. The molecule has 0 aliphatic rings. The maximum absolute atomic E-state index is 15.7. The summed E-state index contributed by atoms with van der Waals surface area (Å²) in [6.45, 7) is 3.86. The molecule has 0 radical (unpaired) electrons. The Morgan fingerprint density at radius 2 is 0.957 bits per heavy atom. The van der Waals surface area contributed by atoms with Crippen LogP contribution in [-0.4, -0.2) is 9.13 Å². The van der Waals surface area contributed by atoms with E-state index in [0.717, 1.165) is 50.9 Å². The molecule has 0 aliphatic carbocycles. The molecule has 0 fully saturated rings. The third-order valence-corrected chi connectivity index (χ3v) is 8.79. The van der Waals surface area contributed by atoms with Crippen molar-refractivity contribution in [2.45, 2.75) is 20.0 Å². The van der Waals surface area contributed by atoms with Gasteiger partial charge >= 0.3 is 6.18 Å².